The number of carbonyl (C=O) groups excluding carboxylic acids is 1. The maximum Gasteiger partial charge on any atom is 0.276 e. The molecule has 1 amide bonds. The van der Waals surface area contributed by atoms with Gasteiger partial charge in [0.1, 0.15) is 11.3 Å². The van der Waals surface area contributed by atoms with Crippen molar-refractivity contribution in [2.24, 2.45) is 5.10 Å². The van der Waals surface area contributed by atoms with Crippen molar-refractivity contribution < 1.29 is 19.0 Å². The molecule has 1 heterocycles. The topological polar surface area (TPSA) is 91.1 Å². The first-order valence-electron chi connectivity index (χ1n) is 10.0. The summed E-state index contributed by atoms with van der Waals surface area (Å²) in [6.07, 6.45) is 3.11. The summed E-state index contributed by atoms with van der Waals surface area (Å²) in [6, 6.07) is 15.8. The Labute approximate surface area is 186 Å². The molecule has 32 heavy (non-hydrogen) atoms. The number of rotatable bonds is 9. The molecule has 0 spiro atoms. The van der Waals surface area contributed by atoms with Gasteiger partial charge in [0.05, 0.1) is 33.6 Å². The second kappa shape index (κ2) is 10.8. The van der Waals surface area contributed by atoms with Crippen LogP contribution in [-0.4, -0.2) is 37.5 Å². The number of amides is 1. The third-order valence-electron chi connectivity index (χ3n) is 4.64. The summed E-state index contributed by atoms with van der Waals surface area (Å²) in [5, 5.41) is 3.97. The van der Waals surface area contributed by atoms with Crippen LogP contribution in [0.2, 0.25) is 0 Å². The minimum Gasteiger partial charge on any atom is -0.497 e. The standard InChI is InChI=1S/C24H25N3O5/c1-4-32-22-14-18(9-12-21(22)31-3)15-25-26-23(28)20-6-5-13-27(24(20)29)16-17-7-10-19(30-2)11-8-17/h5-15H,4,16H2,1-3H3,(H,26,28)/b25-15-. The van der Waals surface area contributed by atoms with Gasteiger partial charge in [-0.1, -0.05) is 12.1 Å². The van der Waals surface area contributed by atoms with E-state index in [0.29, 0.717) is 30.2 Å². The summed E-state index contributed by atoms with van der Waals surface area (Å²) in [6.45, 7) is 2.70. The maximum atomic E-state index is 12.8. The van der Waals surface area contributed by atoms with Gasteiger partial charge >= 0.3 is 0 Å². The van der Waals surface area contributed by atoms with Crippen LogP contribution in [0.4, 0.5) is 0 Å². The van der Waals surface area contributed by atoms with Crippen molar-refractivity contribution in [1.29, 1.82) is 0 Å². The van der Waals surface area contributed by atoms with Crippen LogP contribution in [0.5, 0.6) is 17.2 Å². The van der Waals surface area contributed by atoms with E-state index in [9.17, 15) is 9.59 Å². The average Bonchev–Trinajstić information content (AvgIpc) is 2.81. The van der Waals surface area contributed by atoms with Crippen molar-refractivity contribution in [2.75, 3.05) is 20.8 Å². The molecule has 0 saturated carbocycles. The van der Waals surface area contributed by atoms with Gasteiger partial charge < -0.3 is 18.8 Å². The lowest BCUT2D eigenvalue weighted by molar-refractivity contribution is 0.0953. The first-order chi connectivity index (χ1) is 15.5. The molecule has 1 N–H and O–H groups in total. The molecule has 0 aliphatic heterocycles. The van der Waals surface area contributed by atoms with Crippen LogP contribution in [0, 0.1) is 0 Å². The normalized spacial score (nSPS) is 10.7. The zero-order chi connectivity index (χ0) is 22.9. The van der Waals surface area contributed by atoms with Crippen LogP contribution in [0.3, 0.4) is 0 Å². The Hall–Kier alpha value is -4.07. The van der Waals surface area contributed by atoms with E-state index in [4.69, 9.17) is 14.2 Å². The number of nitrogens with one attached hydrogen (secondary N) is 1. The fourth-order valence-corrected chi connectivity index (χ4v) is 3.03. The van der Waals surface area contributed by atoms with Crippen LogP contribution >= 0.6 is 0 Å². The molecular formula is C24H25N3O5. The molecule has 2 aromatic carbocycles. The van der Waals surface area contributed by atoms with E-state index in [1.54, 1.807) is 44.7 Å². The summed E-state index contributed by atoms with van der Waals surface area (Å²) in [5.74, 6) is 1.33. The highest BCUT2D eigenvalue weighted by Gasteiger charge is 2.12. The van der Waals surface area contributed by atoms with E-state index in [-0.39, 0.29) is 5.56 Å². The van der Waals surface area contributed by atoms with E-state index < -0.39 is 11.5 Å². The van der Waals surface area contributed by atoms with Gasteiger partial charge in [0.2, 0.25) is 0 Å². The van der Waals surface area contributed by atoms with Gasteiger partial charge in [-0.3, -0.25) is 9.59 Å². The molecule has 0 aliphatic rings. The summed E-state index contributed by atoms with van der Waals surface area (Å²) in [7, 11) is 3.16. The predicted molar refractivity (Wildman–Crippen MR) is 122 cm³/mol. The number of methoxy groups -OCH3 is 2. The Morgan fingerprint density at radius 1 is 1.06 bits per heavy atom. The average molecular weight is 435 g/mol. The fourth-order valence-electron chi connectivity index (χ4n) is 3.03. The van der Waals surface area contributed by atoms with Gasteiger partial charge in [-0.15, -0.1) is 0 Å². The molecule has 0 radical (unpaired) electrons. The molecule has 3 rings (SSSR count). The van der Waals surface area contributed by atoms with Crippen LogP contribution in [-0.2, 0) is 6.54 Å². The number of hydrogen-bond acceptors (Lipinski definition) is 6. The van der Waals surface area contributed by atoms with Gasteiger partial charge in [0.15, 0.2) is 11.5 Å². The van der Waals surface area contributed by atoms with Crippen molar-refractivity contribution in [3.63, 3.8) is 0 Å². The van der Waals surface area contributed by atoms with Gasteiger partial charge in [-0.25, -0.2) is 5.43 Å². The van der Waals surface area contributed by atoms with Crippen molar-refractivity contribution in [2.45, 2.75) is 13.5 Å². The maximum absolute atomic E-state index is 12.8. The lowest BCUT2D eigenvalue weighted by atomic mass is 10.2. The lowest BCUT2D eigenvalue weighted by Gasteiger charge is -2.09. The van der Waals surface area contributed by atoms with E-state index in [0.717, 1.165) is 11.3 Å². The molecule has 0 aliphatic carbocycles. The van der Waals surface area contributed by atoms with Crippen molar-refractivity contribution in [3.8, 4) is 17.2 Å². The monoisotopic (exact) mass is 435 g/mol. The fraction of sp³-hybridized carbons (Fsp3) is 0.208. The number of hydrogen-bond donors (Lipinski definition) is 1. The molecule has 0 unspecified atom stereocenters. The minimum absolute atomic E-state index is 0.00268. The molecule has 8 nitrogen and oxygen atoms in total. The van der Waals surface area contributed by atoms with Crippen LogP contribution in [0.15, 0.2) is 70.7 Å². The summed E-state index contributed by atoms with van der Waals surface area (Å²) in [4.78, 5) is 25.3. The molecule has 166 valence electrons. The first kappa shape index (κ1) is 22.6. The number of hydrazone groups is 1. The van der Waals surface area contributed by atoms with Gasteiger partial charge in [-0.05, 0) is 60.5 Å². The molecule has 3 aromatic rings. The van der Waals surface area contributed by atoms with Gasteiger partial charge in [0, 0.05) is 6.20 Å². The van der Waals surface area contributed by atoms with Crippen LogP contribution in [0.25, 0.3) is 0 Å². The van der Waals surface area contributed by atoms with E-state index >= 15 is 0 Å². The van der Waals surface area contributed by atoms with E-state index in [1.807, 2.05) is 31.2 Å². The highest BCUT2D eigenvalue weighted by Crippen LogP contribution is 2.27. The molecule has 8 heteroatoms. The number of nitrogens with zero attached hydrogens (tertiary/aromatic N) is 2. The largest absolute Gasteiger partial charge is 0.497 e. The highest BCUT2D eigenvalue weighted by molar-refractivity contribution is 5.94. The third-order valence-corrected chi connectivity index (χ3v) is 4.64. The Balaban J connectivity index is 1.70. The predicted octanol–water partition coefficient (Wildman–Crippen LogP) is 3.08. The first-order valence-corrected chi connectivity index (χ1v) is 10.0. The number of pyridine rings is 1. The quantitative estimate of drug-likeness (QED) is 0.412. The van der Waals surface area contributed by atoms with Crippen molar-refractivity contribution in [3.05, 3.63) is 87.8 Å². The Kier molecular flexibility index (Phi) is 7.64. The molecule has 0 fully saturated rings. The summed E-state index contributed by atoms with van der Waals surface area (Å²) in [5.41, 5.74) is 3.62. The Bertz CT molecular complexity index is 1150. The summed E-state index contributed by atoms with van der Waals surface area (Å²) < 4.78 is 17.4. The van der Waals surface area contributed by atoms with Crippen LogP contribution < -0.4 is 25.2 Å². The van der Waals surface area contributed by atoms with E-state index in [2.05, 4.69) is 10.5 Å². The Morgan fingerprint density at radius 2 is 1.84 bits per heavy atom. The molecule has 0 atom stereocenters. The third kappa shape index (κ3) is 5.54. The second-order valence-corrected chi connectivity index (χ2v) is 6.75. The molecule has 0 saturated heterocycles. The number of aromatic nitrogens is 1. The number of carbonyl (C=O) groups is 1. The molecule has 0 bridgehead atoms. The zero-order valence-corrected chi connectivity index (χ0v) is 18.2. The van der Waals surface area contributed by atoms with Crippen molar-refractivity contribution in [1.82, 2.24) is 9.99 Å². The second-order valence-electron chi connectivity index (χ2n) is 6.75. The molecular weight excluding hydrogens is 410 g/mol. The van der Waals surface area contributed by atoms with Crippen LogP contribution in [0.1, 0.15) is 28.4 Å². The summed E-state index contributed by atoms with van der Waals surface area (Å²) >= 11 is 0. The smallest absolute Gasteiger partial charge is 0.276 e. The lowest BCUT2D eigenvalue weighted by Crippen LogP contribution is -2.30. The number of ether oxygens (including phenoxy) is 3. The van der Waals surface area contributed by atoms with Crippen molar-refractivity contribution >= 4 is 12.1 Å². The number of benzene rings is 2. The van der Waals surface area contributed by atoms with E-state index in [1.165, 1.54) is 16.8 Å². The van der Waals surface area contributed by atoms with Gasteiger partial charge in [0.25, 0.3) is 11.5 Å². The Morgan fingerprint density at radius 3 is 2.53 bits per heavy atom. The van der Waals surface area contributed by atoms with Gasteiger partial charge in [-0.2, -0.15) is 5.10 Å². The SMILES string of the molecule is CCOc1cc(/C=N\NC(=O)c2cccn(Cc3ccc(OC)cc3)c2=O)ccc1OC. The highest BCUT2D eigenvalue weighted by atomic mass is 16.5. The molecule has 1 aromatic heterocycles. The minimum atomic E-state index is -0.589. The zero-order valence-electron chi connectivity index (χ0n) is 18.2.